The summed E-state index contributed by atoms with van der Waals surface area (Å²) in [5, 5.41) is 11.6. The van der Waals surface area contributed by atoms with E-state index in [1.807, 2.05) is 6.07 Å². The smallest absolute Gasteiger partial charge is 0.171 e. The molecule has 0 bridgehead atoms. The molecule has 0 aliphatic carbocycles. The minimum absolute atomic E-state index is 0.0465. The summed E-state index contributed by atoms with van der Waals surface area (Å²) in [6, 6.07) is 10.2. The van der Waals surface area contributed by atoms with Crippen molar-refractivity contribution in [2.45, 2.75) is 0 Å². The molecule has 0 spiro atoms. The second-order valence-corrected chi connectivity index (χ2v) is 5.34. The summed E-state index contributed by atoms with van der Waals surface area (Å²) in [5.74, 6) is 0.686. The van der Waals surface area contributed by atoms with Crippen molar-refractivity contribution in [3.8, 4) is 0 Å². The van der Waals surface area contributed by atoms with Crippen LogP contribution in [0.5, 0.6) is 0 Å². The van der Waals surface area contributed by atoms with Crippen LogP contribution in [-0.4, -0.2) is 42.2 Å². The zero-order chi connectivity index (χ0) is 16.2. The van der Waals surface area contributed by atoms with Gasteiger partial charge in [-0.25, -0.2) is 9.37 Å². The molecule has 1 aromatic heterocycles. The molecule has 3 N–H and O–H groups in total. The van der Waals surface area contributed by atoms with Gasteiger partial charge in [0.15, 0.2) is 5.84 Å². The Morgan fingerprint density at radius 3 is 2.26 bits per heavy atom. The van der Waals surface area contributed by atoms with Crippen LogP contribution in [0.4, 0.5) is 15.9 Å². The highest BCUT2D eigenvalue weighted by Gasteiger charge is 2.18. The van der Waals surface area contributed by atoms with Gasteiger partial charge in [-0.1, -0.05) is 5.16 Å². The van der Waals surface area contributed by atoms with Crippen molar-refractivity contribution >= 4 is 17.3 Å². The Morgan fingerprint density at radius 2 is 1.70 bits per heavy atom. The van der Waals surface area contributed by atoms with Crippen molar-refractivity contribution in [3.05, 3.63) is 54.0 Å². The number of nitrogens with zero attached hydrogens (tertiary/aromatic N) is 4. The average Bonchev–Trinajstić information content (AvgIpc) is 2.62. The number of anilines is 2. The van der Waals surface area contributed by atoms with Crippen molar-refractivity contribution in [2.24, 2.45) is 10.9 Å². The quantitative estimate of drug-likeness (QED) is 0.390. The first-order valence-corrected chi connectivity index (χ1v) is 7.37. The molecule has 6 nitrogen and oxygen atoms in total. The monoisotopic (exact) mass is 315 g/mol. The van der Waals surface area contributed by atoms with Crippen LogP contribution in [-0.2, 0) is 0 Å². The number of aromatic nitrogens is 1. The highest BCUT2D eigenvalue weighted by atomic mass is 19.1. The normalized spacial score (nSPS) is 15.8. The highest BCUT2D eigenvalue weighted by Crippen LogP contribution is 2.19. The first-order valence-electron chi connectivity index (χ1n) is 7.37. The Labute approximate surface area is 133 Å². The molecule has 2 heterocycles. The molecule has 3 rings (SSSR count). The molecular weight excluding hydrogens is 297 g/mol. The maximum Gasteiger partial charge on any atom is 0.171 e. The second-order valence-electron chi connectivity index (χ2n) is 5.34. The average molecular weight is 315 g/mol. The van der Waals surface area contributed by atoms with Gasteiger partial charge in [0.05, 0.1) is 0 Å². The molecule has 1 saturated heterocycles. The molecule has 7 heteroatoms. The third-order valence-electron chi connectivity index (χ3n) is 3.95. The molecule has 120 valence electrons. The molecule has 0 radical (unpaired) electrons. The zero-order valence-electron chi connectivity index (χ0n) is 12.6. The molecule has 0 saturated carbocycles. The van der Waals surface area contributed by atoms with Crippen molar-refractivity contribution in [1.29, 1.82) is 0 Å². The molecule has 2 aromatic rings. The predicted octanol–water partition coefficient (Wildman–Crippen LogP) is 1.64. The molecule has 0 amide bonds. The van der Waals surface area contributed by atoms with E-state index in [2.05, 4.69) is 19.9 Å². The van der Waals surface area contributed by atoms with Crippen molar-refractivity contribution < 1.29 is 9.60 Å². The summed E-state index contributed by atoms with van der Waals surface area (Å²) < 4.78 is 13.0. The number of oxime groups is 1. The Morgan fingerprint density at radius 1 is 1.04 bits per heavy atom. The SMILES string of the molecule is NC(=NO)c1ccc(N2CCN(c3ccc(F)cc3)CC2)nc1. The third kappa shape index (κ3) is 3.33. The Hall–Kier alpha value is -2.83. The van der Waals surface area contributed by atoms with Crippen LogP contribution in [0.3, 0.4) is 0 Å². The fourth-order valence-corrected chi connectivity index (χ4v) is 2.63. The van der Waals surface area contributed by atoms with Crippen molar-refractivity contribution in [3.63, 3.8) is 0 Å². The van der Waals surface area contributed by atoms with E-state index in [0.717, 1.165) is 37.7 Å². The van der Waals surface area contributed by atoms with Gasteiger partial charge < -0.3 is 20.7 Å². The number of pyridine rings is 1. The number of amidine groups is 1. The van der Waals surface area contributed by atoms with Gasteiger partial charge in [0.2, 0.25) is 0 Å². The van der Waals surface area contributed by atoms with Crippen LogP contribution in [0.1, 0.15) is 5.56 Å². The molecule has 1 aliphatic heterocycles. The number of piperazine rings is 1. The second kappa shape index (κ2) is 6.51. The van der Waals surface area contributed by atoms with Crippen LogP contribution in [0.15, 0.2) is 47.8 Å². The summed E-state index contributed by atoms with van der Waals surface area (Å²) in [6.07, 6.45) is 1.59. The largest absolute Gasteiger partial charge is 0.409 e. The Bertz CT molecular complexity index is 679. The lowest BCUT2D eigenvalue weighted by Gasteiger charge is -2.36. The molecular formula is C16H18FN5O. The van der Waals surface area contributed by atoms with Crippen molar-refractivity contribution in [1.82, 2.24) is 4.98 Å². The van der Waals surface area contributed by atoms with Gasteiger partial charge in [0, 0.05) is 43.6 Å². The summed E-state index contributed by atoms with van der Waals surface area (Å²) in [5.41, 5.74) is 7.14. The zero-order valence-corrected chi connectivity index (χ0v) is 12.6. The number of nitrogens with two attached hydrogens (primary N) is 1. The summed E-state index contributed by atoms with van der Waals surface area (Å²) in [6.45, 7) is 3.34. The van der Waals surface area contributed by atoms with Gasteiger partial charge in [0.1, 0.15) is 11.6 Å². The van der Waals surface area contributed by atoms with E-state index >= 15 is 0 Å². The van der Waals surface area contributed by atoms with Crippen LogP contribution in [0.2, 0.25) is 0 Å². The standard InChI is InChI=1S/C16H18FN5O/c17-13-2-4-14(5-3-13)21-7-9-22(10-8-21)15-6-1-12(11-19-15)16(18)20-23/h1-6,11,23H,7-10H2,(H2,18,20). The molecule has 1 aromatic carbocycles. The Balaban J connectivity index is 1.63. The fourth-order valence-electron chi connectivity index (χ4n) is 2.63. The van der Waals surface area contributed by atoms with E-state index in [1.165, 1.54) is 12.1 Å². The molecule has 0 unspecified atom stereocenters. The number of benzene rings is 1. The molecule has 0 atom stereocenters. The van der Waals surface area contributed by atoms with E-state index in [1.54, 1.807) is 24.4 Å². The van der Waals surface area contributed by atoms with Gasteiger partial charge in [-0.15, -0.1) is 0 Å². The van der Waals surface area contributed by atoms with Crippen LogP contribution < -0.4 is 15.5 Å². The fraction of sp³-hybridized carbons (Fsp3) is 0.250. The van der Waals surface area contributed by atoms with Gasteiger partial charge in [0.25, 0.3) is 0 Å². The first-order chi connectivity index (χ1) is 11.2. The first kappa shape index (κ1) is 15.1. The van der Waals surface area contributed by atoms with Gasteiger partial charge in [-0.2, -0.15) is 0 Å². The minimum Gasteiger partial charge on any atom is -0.409 e. The lowest BCUT2D eigenvalue weighted by molar-refractivity contribution is 0.318. The maximum atomic E-state index is 13.0. The van der Waals surface area contributed by atoms with Crippen molar-refractivity contribution in [2.75, 3.05) is 36.0 Å². The summed E-state index contributed by atoms with van der Waals surface area (Å²) >= 11 is 0. The van der Waals surface area contributed by atoms with Crippen LogP contribution in [0, 0.1) is 5.82 Å². The van der Waals surface area contributed by atoms with Gasteiger partial charge in [-0.3, -0.25) is 0 Å². The number of hydrogen-bond acceptors (Lipinski definition) is 5. The molecule has 1 aliphatic rings. The molecule has 1 fully saturated rings. The maximum absolute atomic E-state index is 13.0. The lowest BCUT2D eigenvalue weighted by Crippen LogP contribution is -2.46. The van der Waals surface area contributed by atoms with E-state index in [4.69, 9.17) is 10.9 Å². The predicted molar refractivity (Wildman–Crippen MR) is 87.6 cm³/mol. The van der Waals surface area contributed by atoms with E-state index in [0.29, 0.717) is 5.56 Å². The lowest BCUT2D eigenvalue weighted by atomic mass is 10.2. The van der Waals surface area contributed by atoms with E-state index < -0.39 is 0 Å². The Kier molecular flexibility index (Phi) is 4.27. The highest BCUT2D eigenvalue weighted by molar-refractivity contribution is 5.96. The van der Waals surface area contributed by atoms with Crippen LogP contribution >= 0.6 is 0 Å². The van der Waals surface area contributed by atoms with Gasteiger partial charge in [-0.05, 0) is 36.4 Å². The number of halogens is 1. The topological polar surface area (TPSA) is 78.0 Å². The number of hydrogen-bond donors (Lipinski definition) is 2. The van der Waals surface area contributed by atoms with E-state index in [9.17, 15) is 4.39 Å². The van der Waals surface area contributed by atoms with Gasteiger partial charge >= 0.3 is 0 Å². The third-order valence-corrected chi connectivity index (χ3v) is 3.95. The molecule has 23 heavy (non-hydrogen) atoms. The number of rotatable bonds is 3. The van der Waals surface area contributed by atoms with Crippen LogP contribution in [0.25, 0.3) is 0 Å². The van der Waals surface area contributed by atoms with E-state index in [-0.39, 0.29) is 11.7 Å². The minimum atomic E-state index is -0.220. The summed E-state index contributed by atoms with van der Waals surface area (Å²) in [4.78, 5) is 8.77. The summed E-state index contributed by atoms with van der Waals surface area (Å²) in [7, 11) is 0.